The number of rotatable bonds is 28. The minimum atomic E-state index is -1.77. The average molecular weight is 1010 g/mol. The van der Waals surface area contributed by atoms with E-state index in [4.69, 9.17) is 17.2 Å². The summed E-state index contributed by atoms with van der Waals surface area (Å²) in [6.45, 7) is 2.61. The molecule has 25 nitrogen and oxygen atoms in total. The average Bonchev–Trinajstić information content (AvgIpc) is 4.07. The molecule has 0 aliphatic carbocycles. The Morgan fingerprint density at radius 1 is 0.722 bits per heavy atom. The van der Waals surface area contributed by atoms with Crippen molar-refractivity contribution in [3.05, 3.63) is 83.9 Å². The summed E-state index contributed by atoms with van der Waals surface area (Å²) in [6.07, 6.45) is 1.66. The fraction of sp³-hybridized carbons (Fsp3) is 0.468. The van der Waals surface area contributed by atoms with E-state index < -0.39 is 133 Å². The van der Waals surface area contributed by atoms with Crippen LogP contribution in [0.2, 0.25) is 0 Å². The van der Waals surface area contributed by atoms with Gasteiger partial charge >= 0.3 is 5.97 Å². The Balaban J connectivity index is 1.63. The second-order valence-electron chi connectivity index (χ2n) is 17.5. The Bertz CT molecular complexity index is 2370. The third kappa shape index (κ3) is 17.2. The largest absolute Gasteiger partial charge is 0.508 e. The number of aliphatic carboxylic acids is 1. The van der Waals surface area contributed by atoms with Gasteiger partial charge in [-0.25, -0.2) is 9.78 Å². The number of phenolic OH excluding ortho intramolecular Hbond substituents is 1. The minimum absolute atomic E-state index is 0.0472. The van der Waals surface area contributed by atoms with E-state index in [9.17, 15) is 63.3 Å². The molecule has 0 radical (unpaired) electrons. The number of nitrogens with one attached hydrogen (secondary N) is 7. The lowest BCUT2D eigenvalue weighted by Crippen LogP contribution is -2.61. The second kappa shape index (κ2) is 27.5. The van der Waals surface area contributed by atoms with Gasteiger partial charge in [0, 0.05) is 44.1 Å². The molecule has 1 fully saturated rings. The molecule has 16 N–H and O–H groups in total. The molecule has 1 aliphatic heterocycles. The van der Waals surface area contributed by atoms with Gasteiger partial charge in [-0.05, 0) is 48.4 Å². The molecule has 3 aromatic rings. The van der Waals surface area contributed by atoms with Crippen LogP contribution in [0.25, 0.3) is 0 Å². The molecule has 0 saturated carbocycles. The lowest BCUT2D eigenvalue weighted by molar-refractivity contribution is -0.143. The van der Waals surface area contributed by atoms with E-state index in [0.29, 0.717) is 29.7 Å². The maximum absolute atomic E-state index is 14.6. The van der Waals surface area contributed by atoms with Crippen molar-refractivity contribution in [1.29, 1.82) is 0 Å². The van der Waals surface area contributed by atoms with E-state index in [1.807, 2.05) is 6.92 Å². The first-order valence-electron chi connectivity index (χ1n) is 23.3. The van der Waals surface area contributed by atoms with Gasteiger partial charge in [0.2, 0.25) is 53.2 Å². The number of likely N-dealkylation sites (tertiary alicyclic amines) is 1. The van der Waals surface area contributed by atoms with Crippen molar-refractivity contribution < 1.29 is 63.3 Å². The number of phenols is 1. The molecule has 9 atom stereocenters. The zero-order valence-corrected chi connectivity index (χ0v) is 39.9. The Hall–Kier alpha value is -7.93. The summed E-state index contributed by atoms with van der Waals surface area (Å²) in [5.41, 5.74) is 18.2. The zero-order chi connectivity index (χ0) is 53.1. The number of carboxylic acids is 1. The molecule has 2 heterocycles. The van der Waals surface area contributed by atoms with Gasteiger partial charge in [-0.2, -0.15) is 0 Å². The highest BCUT2D eigenvalue weighted by molar-refractivity contribution is 5.99. The van der Waals surface area contributed by atoms with E-state index in [-0.39, 0.29) is 43.9 Å². The first-order chi connectivity index (χ1) is 34.2. The smallest absolute Gasteiger partial charge is 0.328 e. The zero-order valence-electron chi connectivity index (χ0n) is 39.9. The maximum atomic E-state index is 14.6. The van der Waals surface area contributed by atoms with E-state index in [0.717, 1.165) is 0 Å². The molecule has 25 heteroatoms. The summed E-state index contributed by atoms with van der Waals surface area (Å²) in [5, 5.41) is 43.8. The molecule has 4 rings (SSSR count). The van der Waals surface area contributed by atoms with Crippen LogP contribution in [0, 0.1) is 5.92 Å². The highest BCUT2D eigenvalue weighted by Gasteiger charge is 2.41. The van der Waals surface area contributed by atoms with Gasteiger partial charge in [-0.3, -0.25) is 43.2 Å². The molecule has 9 amide bonds. The van der Waals surface area contributed by atoms with Gasteiger partial charge in [0.05, 0.1) is 25.4 Å². The quantitative estimate of drug-likeness (QED) is 0.0338. The van der Waals surface area contributed by atoms with Crippen molar-refractivity contribution in [3.63, 3.8) is 0 Å². The van der Waals surface area contributed by atoms with Gasteiger partial charge in [0.15, 0.2) is 0 Å². The van der Waals surface area contributed by atoms with Crippen LogP contribution in [0.4, 0.5) is 0 Å². The number of carbonyl (C=O) groups excluding carboxylic acids is 9. The number of benzene rings is 2. The van der Waals surface area contributed by atoms with Crippen LogP contribution in [0.3, 0.4) is 0 Å². The molecule has 390 valence electrons. The number of carbonyl (C=O) groups is 10. The molecular formula is C47H64N12O13. The number of aromatic hydroxyl groups is 1. The number of nitrogens with zero attached hydrogens (tertiary/aromatic N) is 2. The summed E-state index contributed by atoms with van der Waals surface area (Å²) < 4.78 is 0. The lowest BCUT2D eigenvalue weighted by atomic mass is 9.98. The molecule has 2 aromatic carbocycles. The van der Waals surface area contributed by atoms with Crippen molar-refractivity contribution in [2.75, 3.05) is 13.2 Å². The summed E-state index contributed by atoms with van der Waals surface area (Å²) in [5.74, 6) is -9.90. The Kier molecular flexibility index (Phi) is 21.6. The van der Waals surface area contributed by atoms with E-state index in [2.05, 4.69) is 41.9 Å². The van der Waals surface area contributed by atoms with Gasteiger partial charge in [0.25, 0.3) is 0 Å². The lowest BCUT2D eigenvalue weighted by Gasteiger charge is -2.31. The highest BCUT2D eigenvalue weighted by Crippen LogP contribution is 2.21. The fourth-order valence-corrected chi connectivity index (χ4v) is 7.74. The number of carboxylic acid groups (broad SMARTS) is 1. The molecular weight excluding hydrogens is 941 g/mol. The SMILES string of the molecule is CC[C@@H](C)[C@@H](N)C(=O)N[C@H](CC(N)=O)C(=O)N[C@H](Cc1ccccc1)C(=O)N1CCC[C@H]1C(=O)N[C@H](Cc1cnc[nH]1)C(=O)N[C@H](Cc1ccc(O)cc1)C(=O)N[C@H](CCC(N)=O)C(=O)N[C@H](CO)C(=O)O. The minimum Gasteiger partial charge on any atom is -0.508 e. The summed E-state index contributed by atoms with van der Waals surface area (Å²) in [7, 11) is 0. The van der Waals surface area contributed by atoms with Crippen molar-refractivity contribution in [2.45, 2.75) is 120 Å². The maximum Gasteiger partial charge on any atom is 0.328 e. The molecule has 0 bridgehead atoms. The van der Waals surface area contributed by atoms with Crippen LogP contribution in [0.1, 0.15) is 69.2 Å². The first-order valence-corrected chi connectivity index (χ1v) is 23.3. The van der Waals surface area contributed by atoms with Crippen LogP contribution in [0.15, 0.2) is 67.1 Å². The standard InChI is InChI=1S/C47H64N12O13/c1-3-25(2)39(50)45(69)56-33(21-38(49)63)43(67)57-34(19-26-8-5-4-6-9-26)46(70)59-17-7-10-36(59)44(68)55-32(20-28-22-51-24-52-28)42(66)54-31(18-27-11-13-29(61)14-12-27)41(65)53-30(15-16-37(48)62)40(64)58-35(23-60)47(71)72/h4-6,8-9,11-14,22,24-25,30-36,39,60-61H,3,7,10,15-21,23,50H2,1-2H3,(H2,48,62)(H2,49,63)(H,51,52)(H,53,65)(H,54,66)(H,55,68)(H,56,69)(H,57,67)(H,58,64)(H,71,72)/t25-,30-,31-,32-,33-,34-,35-,36+,39-/m1/s1. The summed E-state index contributed by atoms with van der Waals surface area (Å²) >= 11 is 0. The summed E-state index contributed by atoms with van der Waals surface area (Å²) in [6, 6.07) is 2.70. The van der Waals surface area contributed by atoms with Crippen LogP contribution in [-0.2, 0) is 67.2 Å². The van der Waals surface area contributed by atoms with Crippen LogP contribution in [0.5, 0.6) is 5.75 Å². The van der Waals surface area contributed by atoms with Crippen molar-refractivity contribution >= 4 is 59.1 Å². The predicted molar refractivity (Wildman–Crippen MR) is 255 cm³/mol. The number of H-pyrrole nitrogens is 1. The molecule has 0 spiro atoms. The van der Waals surface area contributed by atoms with Crippen molar-refractivity contribution in [3.8, 4) is 5.75 Å². The number of aliphatic hydroxyl groups is 1. The summed E-state index contributed by atoms with van der Waals surface area (Å²) in [4.78, 5) is 141. The second-order valence-corrected chi connectivity index (χ2v) is 17.5. The number of aromatic amines is 1. The van der Waals surface area contributed by atoms with Crippen LogP contribution >= 0.6 is 0 Å². The highest BCUT2D eigenvalue weighted by atomic mass is 16.4. The van der Waals surface area contributed by atoms with Crippen molar-refractivity contribution in [2.24, 2.45) is 23.1 Å². The Morgan fingerprint density at radius 3 is 1.86 bits per heavy atom. The molecule has 1 aromatic heterocycles. The Morgan fingerprint density at radius 2 is 1.28 bits per heavy atom. The van der Waals surface area contributed by atoms with E-state index in [1.54, 1.807) is 37.3 Å². The van der Waals surface area contributed by atoms with Crippen molar-refractivity contribution in [1.82, 2.24) is 46.8 Å². The number of aliphatic hydroxyl groups excluding tert-OH is 1. The molecule has 1 aliphatic rings. The number of primary amides is 2. The van der Waals surface area contributed by atoms with Gasteiger partial charge in [-0.15, -0.1) is 0 Å². The van der Waals surface area contributed by atoms with E-state index >= 15 is 0 Å². The fourth-order valence-electron chi connectivity index (χ4n) is 7.74. The topological polar surface area (TPSA) is 414 Å². The van der Waals surface area contributed by atoms with Gasteiger partial charge in [-0.1, -0.05) is 62.7 Å². The van der Waals surface area contributed by atoms with Gasteiger partial charge in [0.1, 0.15) is 48.0 Å². The number of imidazole rings is 1. The normalized spacial score (nSPS) is 16.5. The van der Waals surface area contributed by atoms with E-state index in [1.165, 1.54) is 41.7 Å². The molecule has 1 saturated heterocycles. The third-order valence-electron chi connectivity index (χ3n) is 12.1. The number of hydrogen-bond donors (Lipinski definition) is 13. The third-order valence-corrected chi connectivity index (χ3v) is 12.1. The monoisotopic (exact) mass is 1000 g/mol. The van der Waals surface area contributed by atoms with Crippen LogP contribution in [-0.4, -0.2) is 151 Å². The number of hydrogen-bond acceptors (Lipinski definition) is 14. The van der Waals surface area contributed by atoms with Gasteiger partial charge < -0.3 is 74.3 Å². The first kappa shape index (κ1) is 56.7. The number of aromatic nitrogens is 2. The van der Waals surface area contributed by atoms with Crippen LogP contribution < -0.4 is 49.1 Å². The predicted octanol–water partition coefficient (Wildman–Crippen LogP) is -3.37. The Labute approximate surface area is 414 Å². The molecule has 72 heavy (non-hydrogen) atoms. The number of nitrogens with two attached hydrogens (primary N) is 3. The molecule has 0 unspecified atom stereocenters. The number of amides is 9.